The number of carbonyl (C=O) groups excluding carboxylic acids is 1. The molecule has 0 spiro atoms. The molecule has 0 aliphatic rings. The highest BCUT2D eigenvalue weighted by molar-refractivity contribution is 9.09. The van der Waals surface area contributed by atoms with E-state index >= 15 is 0 Å². The van der Waals surface area contributed by atoms with E-state index in [0.717, 1.165) is 0 Å². The molecule has 29 valence electrons. The van der Waals surface area contributed by atoms with E-state index in [4.69, 9.17) is 0 Å². The van der Waals surface area contributed by atoms with Crippen molar-refractivity contribution >= 4 is 22.2 Å². The zero-order valence-electron chi connectivity index (χ0n) is 2.86. The molecule has 1 atom stereocenters. The number of hydrogen-bond donors (Lipinski definition) is 0. The largest absolute Gasteiger partial charge is 0.290 e. The summed E-state index contributed by atoms with van der Waals surface area (Å²) >= 11 is 2.95. The highest BCUT2D eigenvalue weighted by atomic mass is 79.9. The van der Waals surface area contributed by atoms with Crippen LogP contribution >= 0.6 is 15.9 Å². The fourth-order valence-electron chi connectivity index (χ4n) is 0. The highest BCUT2D eigenvalue weighted by Crippen LogP contribution is 1.87. The van der Waals surface area contributed by atoms with E-state index in [2.05, 4.69) is 15.9 Å². The normalized spacial score (nSPS) is 14.0. The third-order valence-electron chi connectivity index (χ3n) is 0.162. The molecule has 0 aliphatic heterocycles. The number of hydrogen-bond acceptors (Lipinski definition) is 1. The first-order chi connectivity index (χ1) is 2.27. The van der Waals surface area contributed by atoms with Crippen LogP contribution in [0.15, 0.2) is 0 Å². The van der Waals surface area contributed by atoms with Gasteiger partial charge in [-0.25, -0.2) is 0 Å². The molecule has 0 fully saturated rings. The molecule has 0 aromatic rings. The van der Waals surface area contributed by atoms with Crippen LogP contribution in [0.3, 0.4) is 0 Å². The first-order valence-electron chi connectivity index (χ1n) is 1.29. The molecule has 2 heteroatoms. The third kappa shape index (κ3) is 4.15. The molecule has 5 heavy (non-hydrogen) atoms. The Balaban J connectivity index is 2.83. The summed E-state index contributed by atoms with van der Waals surface area (Å²) in [5.41, 5.74) is 0. The molecule has 1 unspecified atom stereocenters. The predicted octanol–water partition coefficient (Wildman–Crippen LogP) is 0.879. The van der Waals surface area contributed by atoms with Crippen LogP contribution in [0.4, 0.5) is 0 Å². The van der Waals surface area contributed by atoms with Crippen LogP contribution in [-0.4, -0.2) is 11.1 Å². The summed E-state index contributed by atoms with van der Waals surface area (Å²) in [5.74, 6) is 0. The Hall–Kier alpha value is 0.150. The minimum Gasteiger partial charge on any atom is -0.290 e. The summed E-state index contributed by atoms with van der Waals surface area (Å²) in [4.78, 5) is 9.22. The fourth-order valence-corrected chi connectivity index (χ4v) is 0. The Morgan fingerprint density at radius 3 is 2.20 bits per heavy atom. The van der Waals surface area contributed by atoms with Crippen molar-refractivity contribution in [2.24, 2.45) is 0 Å². The monoisotopic (exact) mass is 135 g/mol. The van der Waals surface area contributed by atoms with Gasteiger partial charge in [0.2, 0.25) is 6.29 Å². The van der Waals surface area contributed by atoms with Crippen molar-refractivity contribution in [3.05, 3.63) is 0 Å². The molecule has 0 aromatic heterocycles. The van der Waals surface area contributed by atoms with E-state index in [1.54, 1.807) is 13.2 Å². The van der Waals surface area contributed by atoms with Gasteiger partial charge in [-0.15, -0.1) is 0 Å². The van der Waals surface area contributed by atoms with Crippen molar-refractivity contribution < 1.29 is 4.79 Å². The van der Waals surface area contributed by atoms with Crippen LogP contribution in [-0.2, 0) is 4.79 Å². The number of rotatable bonds is 1. The second kappa shape index (κ2) is 2.39. The molecule has 0 rings (SSSR count). The van der Waals surface area contributed by atoms with Crippen LogP contribution in [0.2, 0.25) is 0 Å². The standard InChI is InChI=1S/C3H4BrO/c1-3(4)2-5/h3H,1H3. The van der Waals surface area contributed by atoms with Crippen molar-refractivity contribution in [2.75, 3.05) is 0 Å². The minimum atomic E-state index is -0.109. The molecular weight excluding hydrogens is 132 g/mol. The minimum absolute atomic E-state index is 0.109. The lowest BCUT2D eigenvalue weighted by molar-refractivity contribution is 0.555. The number of halogens is 1. The van der Waals surface area contributed by atoms with Crippen LogP contribution in [0, 0.1) is 0 Å². The van der Waals surface area contributed by atoms with Gasteiger partial charge in [0.1, 0.15) is 0 Å². The Morgan fingerprint density at radius 2 is 2.20 bits per heavy atom. The summed E-state index contributed by atoms with van der Waals surface area (Å²) in [7, 11) is 0. The summed E-state index contributed by atoms with van der Waals surface area (Å²) < 4.78 is 0. The molecule has 0 amide bonds. The lowest BCUT2D eigenvalue weighted by Gasteiger charge is -1.74. The second-order valence-electron chi connectivity index (χ2n) is 0.734. The average molecular weight is 136 g/mol. The third-order valence-corrected chi connectivity index (χ3v) is 0.349. The smallest absolute Gasteiger partial charge is 0.212 e. The van der Waals surface area contributed by atoms with Gasteiger partial charge in [-0.2, -0.15) is 0 Å². The Labute approximate surface area is 39.5 Å². The van der Waals surface area contributed by atoms with Gasteiger partial charge in [-0.1, -0.05) is 15.9 Å². The molecule has 0 N–H and O–H groups in total. The first-order valence-corrected chi connectivity index (χ1v) is 2.20. The van der Waals surface area contributed by atoms with E-state index in [-0.39, 0.29) is 4.83 Å². The maximum atomic E-state index is 9.33. The number of alkyl halides is 1. The zero-order chi connectivity index (χ0) is 4.28. The quantitative estimate of drug-likeness (QED) is 0.489. The SMILES string of the molecule is CC(Br)[C]=O. The Bertz CT molecular complexity index is 33.9. The van der Waals surface area contributed by atoms with Crippen LogP contribution in [0.25, 0.3) is 0 Å². The fraction of sp³-hybridized carbons (Fsp3) is 0.667. The Kier molecular flexibility index (Phi) is 2.46. The van der Waals surface area contributed by atoms with Crippen LogP contribution < -0.4 is 0 Å². The first kappa shape index (κ1) is 5.15. The molecule has 1 nitrogen and oxygen atoms in total. The molecular formula is C3H4BrO. The van der Waals surface area contributed by atoms with Gasteiger partial charge in [-0.3, -0.25) is 4.79 Å². The van der Waals surface area contributed by atoms with Crippen molar-refractivity contribution in [1.82, 2.24) is 0 Å². The van der Waals surface area contributed by atoms with Gasteiger partial charge in [0.25, 0.3) is 0 Å². The molecule has 0 saturated heterocycles. The summed E-state index contributed by atoms with van der Waals surface area (Å²) in [6.07, 6.45) is 1.69. The molecule has 0 saturated carbocycles. The van der Waals surface area contributed by atoms with Gasteiger partial charge in [-0.05, 0) is 6.92 Å². The van der Waals surface area contributed by atoms with Crippen molar-refractivity contribution in [2.45, 2.75) is 11.8 Å². The lowest BCUT2D eigenvalue weighted by atomic mass is 10.6. The van der Waals surface area contributed by atoms with Crippen molar-refractivity contribution in [1.29, 1.82) is 0 Å². The van der Waals surface area contributed by atoms with Gasteiger partial charge in [0.05, 0.1) is 4.83 Å². The summed E-state index contributed by atoms with van der Waals surface area (Å²) in [6, 6.07) is 0. The molecule has 0 heterocycles. The van der Waals surface area contributed by atoms with Crippen molar-refractivity contribution in [3.8, 4) is 0 Å². The van der Waals surface area contributed by atoms with E-state index in [9.17, 15) is 4.79 Å². The predicted molar refractivity (Wildman–Crippen MR) is 24.1 cm³/mol. The van der Waals surface area contributed by atoms with Gasteiger partial charge in [0.15, 0.2) is 0 Å². The molecule has 0 aromatic carbocycles. The van der Waals surface area contributed by atoms with Crippen LogP contribution in [0.1, 0.15) is 6.92 Å². The summed E-state index contributed by atoms with van der Waals surface area (Å²) in [5, 5.41) is 0. The van der Waals surface area contributed by atoms with Crippen molar-refractivity contribution in [3.63, 3.8) is 0 Å². The second-order valence-corrected chi connectivity index (χ2v) is 2.11. The zero-order valence-corrected chi connectivity index (χ0v) is 4.45. The van der Waals surface area contributed by atoms with E-state index in [1.807, 2.05) is 0 Å². The summed E-state index contributed by atoms with van der Waals surface area (Å²) in [6.45, 7) is 1.72. The maximum absolute atomic E-state index is 9.33. The topological polar surface area (TPSA) is 17.1 Å². The molecule has 1 radical (unpaired) electrons. The Morgan fingerprint density at radius 1 is 2.00 bits per heavy atom. The van der Waals surface area contributed by atoms with Gasteiger partial charge >= 0.3 is 0 Å². The highest BCUT2D eigenvalue weighted by Gasteiger charge is 1.84. The van der Waals surface area contributed by atoms with Gasteiger partial charge in [0, 0.05) is 0 Å². The van der Waals surface area contributed by atoms with E-state index < -0.39 is 0 Å². The average Bonchev–Trinajstić information content (AvgIpc) is 1.38. The maximum Gasteiger partial charge on any atom is 0.212 e. The lowest BCUT2D eigenvalue weighted by Crippen LogP contribution is -1.85. The van der Waals surface area contributed by atoms with Crippen LogP contribution in [0.5, 0.6) is 0 Å². The molecule has 0 aliphatic carbocycles. The van der Waals surface area contributed by atoms with E-state index in [1.165, 1.54) is 0 Å². The van der Waals surface area contributed by atoms with E-state index in [0.29, 0.717) is 0 Å². The molecule has 0 bridgehead atoms. The van der Waals surface area contributed by atoms with Gasteiger partial charge < -0.3 is 0 Å².